The maximum Gasteiger partial charge on any atom is 0.252 e. The molecule has 7 nitrogen and oxygen atoms in total. The first kappa shape index (κ1) is 20.7. The zero-order valence-electron chi connectivity index (χ0n) is 15.3. The van der Waals surface area contributed by atoms with E-state index in [1.807, 2.05) is 13.0 Å². The summed E-state index contributed by atoms with van der Waals surface area (Å²) in [6.07, 6.45) is 5.52. The largest absolute Gasteiger partial charge is 0.339 e. The SMILES string of the molecule is Cc1ccc(S(=O)(=O)N2CCCC(c3nc(C4(N)CCCC4)no3)C2)s1.Cl. The van der Waals surface area contributed by atoms with Gasteiger partial charge in [-0.25, -0.2) is 8.42 Å². The number of thiophene rings is 1. The number of halogens is 1. The van der Waals surface area contributed by atoms with Crippen molar-refractivity contribution in [3.05, 3.63) is 28.7 Å². The molecule has 1 saturated carbocycles. The number of rotatable bonds is 4. The van der Waals surface area contributed by atoms with Gasteiger partial charge in [0, 0.05) is 18.0 Å². The predicted molar refractivity (Wildman–Crippen MR) is 106 cm³/mol. The van der Waals surface area contributed by atoms with E-state index >= 15 is 0 Å². The first-order valence-corrected chi connectivity index (χ1v) is 11.3. The lowest BCUT2D eigenvalue weighted by Gasteiger charge is -2.29. The van der Waals surface area contributed by atoms with Crippen molar-refractivity contribution in [2.45, 2.75) is 61.1 Å². The fraction of sp³-hybridized carbons (Fsp3) is 0.647. The first-order chi connectivity index (χ1) is 12.4. The van der Waals surface area contributed by atoms with Gasteiger partial charge in [0.25, 0.3) is 10.0 Å². The lowest BCUT2D eigenvalue weighted by atomic mass is 9.97. The average molecular weight is 433 g/mol. The molecule has 1 unspecified atom stereocenters. The number of hydrogen-bond donors (Lipinski definition) is 1. The maximum absolute atomic E-state index is 12.9. The van der Waals surface area contributed by atoms with E-state index < -0.39 is 15.6 Å². The van der Waals surface area contributed by atoms with E-state index in [1.165, 1.54) is 11.3 Å². The van der Waals surface area contributed by atoms with Crippen molar-refractivity contribution in [1.29, 1.82) is 0 Å². The summed E-state index contributed by atoms with van der Waals surface area (Å²) < 4.78 is 33.2. The lowest BCUT2D eigenvalue weighted by Crippen LogP contribution is -2.39. The minimum atomic E-state index is -3.47. The van der Waals surface area contributed by atoms with E-state index in [0.717, 1.165) is 43.4 Å². The summed E-state index contributed by atoms with van der Waals surface area (Å²) in [6, 6.07) is 3.52. The fourth-order valence-corrected chi connectivity index (χ4v) is 6.83. The molecule has 150 valence electrons. The van der Waals surface area contributed by atoms with Gasteiger partial charge in [-0.15, -0.1) is 23.7 Å². The van der Waals surface area contributed by atoms with Crippen molar-refractivity contribution in [1.82, 2.24) is 14.4 Å². The summed E-state index contributed by atoms with van der Waals surface area (Å²) in [5.41, 5.74) is 5.92. The van der Waals surface area contributed by atoms with Crippen LogP contribution in [0, 0.1) is 6.92 Å². The van der Waals surface area contributed by atoms with E-state index in [1.54, 1.807) is 10.4 Å². The number of nitrogens with two attached hydrogens (primary N) is 1. The molecule has 2 fully saturated rings. The number of nitrogens with zero attached hydrogens (tertiary/aromatic N) is 3. The van der Waals surface area contributed by atoms with Gasteiger partial charge in [0.15, 0.2) is 5.82 Å². The van der Waals surface area contributed by atoms with Crippen LogP contribution in [0.4, 0.5) is 0 Å². The summed E-state index contributed by atoms with van der Waals surface area (Å²) in [5, 5.41) is 4.12. The van der Waals surface area contributed by atoms with Crippen LogP contribution in [0.5, 0.6) is 0 Å². The molecule has 4 rings (SSSR count). The second kappa shape index (κ2) is 7.79. The summed E-state index contributed by atoms with van der Waals surface area (Å²) in [6.45, 7) is 2.81. The third-order valence-corrected chi connectivity index (χ3v) is 8.76. The Morgan fingerprint density at radius 2 is 2.04 bits per heavy atom. The van der Waals surface area contributed by atoms with Crippen LogP contribution in [0.2, 0.25) is 0 Å². The highest BCUT2D eigenvalue weighted by molar-refractivity contribution is 7.91. The van der Waals surface area contributed by atoms with Crippen molar-refractivity contribution in [3.63, 3.8) is 0 Å². The Morgan fingerprint density at radius 1 is 1.30 bits per heavy atom. The van der Waals surface area contributed by atoms with Gasteiger partial charge in [0.2, 0.25) is 5.89 Å². The summed E-state index contributed by atoms with van der Waals surface area (Å²) in [7, 11) is -3.47. The maximum atomic E-state index is 12.9. The number of hydrogen-bond acceptors (Lipinski definition) is 7. The van der Waals surface area contributed by atoms with Gasteiger partial charge in [-0.05, 0) is 44.7 Å². The number of aryl methyl sites for hydroxylation is 1. The highest BCUT2D eigenvalue weighted by atomic mass is 35.5. The van der Waals surface area contributed by atoms with Crippen molar-refractivity contribution < 1.29 is 12.9 Å². The molecule has 1 atom stereocenters. The highest BCUT2D eigenvalue weighted by Crippen LogP contribution is 2.36. The van der Waals surface area contributed by atoms with E-state index in [4.69, 9.17) is 10.3 Å². The van der Waals surface area contributed by atoms with Gasteiger partial charge in [0.1, 0.15) is 4.21 Å². The zero-order chi connectivity index (χ0) is 18.4. The molecule has 1 saturated heterocycles. The van der Waals surface area contributed by atoms with Gasteiger partial charge in [0.05, 0.1) is 11.5 Å². The van der Waals surface area contributed by atoms with E-state index in [9.17, 15) is 8.42 Å². The van der Waals surface area contributed by atoms with Gasteiger partial charge >= 0.3 is 0 Å². The van der Waals surface area contributed by atoms with Crippen LogP contribution in [-0.2, 0) is 15.6 Å². The lowest BCUT2D eigenvalue weighted by molar-refractivity contribution is 0.264. The van der Waals surface area contributed by atoms with E-state index in [2.05, 4.69) is 10.1 Å². The predicted octanol–water partition coefficient (Wildman–Crippen LogP) is 3.16. The first-order valence-electron chi connectivity index (χ1n) is 9.08. The van der Waals surface area contributed by atoms with Crippen LogP contribution in [0.1, 0.15) is 61.0 Å². The number of sulfonamides is 1. The second-order valence-corrected chi connectivity index (χ2v) is 10.8. The van der Waals surface area contributed by atoms with E-state index in [-0.39, 0.29) is 18.3 Å². The zero-order valence-corrected chi connectivity index (χ0v) is 17.7. The molecule has 0 amide bonds. The topological polar surface area (TPSA) is 102 Å². The molecule has 0 bridgehead atoms. The molecule has 1 aliphatic carbocycles. The number of aromatic nitrogens is 2. The normalized spacial score (nSPS) is 23.3. The Bertz CT molecular complexity index is 890. The highest BCUT2D eigenvalue weighted by Gasteiger charge is 2.38. The third kappa shape index (κ3) is 3.93. The third-order valence-electron chi connectivity index (χ3n) is 5.43. The Kier molecular flexibility index (Phi) is 5.98. The molecular weight excluding hydrogens is 408 g/mol. The van der Waals surface area contributed by atoms with Crippen LogP contribution < -0.4 is 5.73 Å². The fourth-order valence-electron chi connectivity index (χ4n) is 3.87. The van der Waals surface area contributed by atoms with Crippen LogP contribution in [-0.4, -0.2) is 36.0 Å². The number of piperidine rings is 1. The minimum Gasteiger partial charge on any atom is -0.339 e. The summed E-state index contributed by atoms with van der Waals surface area (Å²) in [5.74, 6) is 1.00. The van der Waals surface area contributed by atoms with Gasteiger partial charge in [-0.3, -0.25) is 0 Å². The van der Waals surface area contributed by atoms with Crippen LogP contribution >= 0.6 is 23.7 Å². The van der Waals surface area contributed by atoms with Gasteiger partial charge in [-0.1, -0.05) is 18.0 Å². The van der Waals surface area contributed by atoms with Crippen molar-refractivity contribution in [2.75, 3.05) is 13.1 Å². The molecule has 1 aliphatic heterocycles. The Hall–Kier alpha value is -1.00. The molecule has 0 aromatic carbocycles. The Morgan fingerprint density at radius 3 is 2.70 bits per heavy atom. The molecule has 0 spiro atoms. The van der Waals surface area contributed by atoms with Gasteiger partial charge in [-0.2, -0.15) is 9.29 Å². The molecule has 0 radical (unpaired) electrons. The van der Waals surface area contributed by atoms with Crippen LogP contribution in [0.3, 0.4) is 0 Å². The summed E-state index contributed by atoms with van der Waals surface area (Å²) in [4.78, 5) is 5.55. The van der Waals surface area contributed by atoms with Crippen molar-refractivity contribution in [2.24, 2.45) is 5.73 Å². The summed E-state index contributed by atoms with van der Waals surface area (Å²) >= 11 is 1.31. The second-order valence-electron chi connectivity index (χ2n) is 7.39. The molecular formula is C17H25ClN4O3S2. The molecule has 2 aromatic heterocycles. The molecule has 2 aliphatic rings. The molecule has 10 heteroatoms. The monoisotopic (exact) mass is 432 g/mol. The van der Waals surface area contributed by atoms with Crippen molar-refractivity contribution in [3.8, 4) is 0 Å². The molecule has 3 heterocycles. The van der Waals surface area contributed by atoms with E-state index in [0.29, 0.717) is 29.0 Å². The Labute approximate surface area is 169 Å². The molecule has 27 heavy (non-hydrogen) atoms. The smallest absolute Gasteiger partial charge is 0.252 e. The van der Waals surface area contributed by atoms with Crippen LogP contribution in [0.15, 0.2) is 20.9 Å². The minimum absolute atomic E-state index is 0. The Balaban J connectivity index is 0.00000210. The van der Waals surface area contributed by atoms with Gasteiger partial charge < -0.3 is 10.3 Å². The quantitative estimate of drug-likeness (QED) is 0.795. The molecule has 2 N–H and O–H groups in total. The average Bonchev–Trinajstić information content (AvgIpc) is 3.36. The van der Waals surface area contributed by atoms with Crippen LogP contribution in [0.25, 0.3) is 0 Å². The molecule has 2 aromatic rings. The van der Waals surface area contributed by atoms with Crippen molar-refractivity contribution >= 4 is 33.8 Å². The standard InChI is InChI=1S/C17H24N4O3S2.ClH/c1-12-6-7-14(25-12)26(22,23)21-10-4-5-13(11-21)15-19-16(20-24-15)17(18)8-2-3-9-17;/h6-7,13H,2-5,8-11,18H2,1H3;1H.